The fourth-order valence-electron chi connectivity index (χ4n) is 3.99. The Morgan fingerprint density at radius 3 is 2.06 bits per heavy atom. The zero-order valence-corrected chi connectivity index (χ0v) is 11.0. The molecule has 2 N–H and O–H groups in total. The second-order valence-electron chi connectivity index (χ2n) is 6.28. The Hall–Kier alpha value is -0.300. The third-order valence-corrected chi connectivity index (χ3v) is 5.57. The van der Waals surface area contributed by atoms with E-state index in [4.69, 9.17) is 5.73 Å². The molecule has 0 radical (unpaired) electrons. The second kappa shape index (κ2) is 4.18. The van der Waals surface area contributed by atoms with Gasteiger partial charge in [0.1, 0.15) is 0 Å². The van der Waals surface area contributed by atoms with Crippen molar-refractivity contribution in [2.75, 3.05) is 0 Å². The third kappa shape index (κ3) is 1.73. The minimum Gasteiger partial charge on any atom is -0.327 e. The molecule has 92 valence electrons. The maximum atomic E-state index is 6.19. The van der Waals surface area contributed by atoms with Gasteiger partial charge in [-0.15, -0.1) is 0 Å². The van der Waals surface area contributed by atoms with Crippen molar-refractivity contribution in [3.63, 3.8) is 0 Å². The molecule has 1 heteroatoms. The smallest absolute Gasteiger partial charge is 0.00670 e. The number of hydrogen-bond donors (Lipinski definition) is 1. The molecular weight excluding hydrogens is 194 g/mol. The van der Waals surface area contributed by atoms with Gasteiger partial charge in [0.25, 0.3) is 0 Å². The Bertz CT molecular complexity index is 253. The normalized spacial score (nSPS) is 39.7. The number of nitrogens with two attached hydrogens (primary N) is 1. The van der Waals surface area contributed by atoms with E-state index < -0.39 is 0 Å². The SMILES string of the molecule is C=C(CCC)C12CCC(C(C)N)(CC1)CC2. The first kappa shape index (κ1) is 12.2. The molecular formula is C15H27N. The summed E-state index contributed by atoms with van der Waals surface area (Å²) < 4.78 is 0. The van der Waals surface area contributed by atoms with Crippen molar-refractivity contribution in [2.24, 2.45) is 16.6 Å². The summed E-state index contributed by atoms with van der Waals surface area (Å²) in [6.07, 6.45) is 10.6. The van der Waals surface area contributed by atoms with Crippen molar-refractivity contribution < 1.29 is 0 Å². The van der Waals surface area contributed by atoms with Gasteiger partial charge >= 0.3 is 0 Å². The van der Waals surface area contributed by atoms with Gasteiger partial charge in [-0.05, 0) is 62.7 Å². The minimum absolute atomic E-state index is 0.380. The van der Waals surface area contributed by atoms with Gasteiger partial charge in [0.05, 0.1) is 0 Å². The first-order valence-corrected chi connectivity index (χ1v) is 6.98. The predicted octanol–water partition coefficient (Wildman–Crippen LogP) is 4.03. The molecule has 0 aromatic rings. The zero-order chi connectivity index (χ0) is 11.8. The van der Waals surface area contributed by atoms with Gasteiger partial charge < -0.3 is 5.73 Å². The van der Waals surface area contributed by atoms with Crippen molar-refractivity contribution in [2.45, 2.75) is 71.3 Å². The second-order valence-corrected chi connectivity index (χ2v) is 6.28. The molecule has 16 heavy (non-hydrogen) atoms. The van der Waals surface area contributed by atoms with Crippen molar-refractivity contribution in [3.8, 4) is 0 Å². The first-order chi connectivity index (χ1) is 7.55. The molecule has 3 aliphatic carbocycles. The van der Waals surface area contributed by atoms with Crippen LogP contribution in [-0.2, 0) is 0 Å². The first-order valence-electron chi connectivity index (χ1n) is 6.98. The molecule has 2 bridgehead atoms. The van der Waals surface area contributed by atoms with Crippen LogP contribution in [0, 0.1) is 10.8 Å². The lowest BCUT2D eigenvalue weighted by Crippen LogP contribution is -2.50. The molecule has 0 aliphatic heterocycles. The molecule has 1 unspecified atom stereocenters. The lowest BCUT2D eigenvalue weighted by molar-refractivity contribution is -0.00179. The fourth-order valence-corrected chi connectivity index (χ4v) is 3.99. The summed E-state index contributed by atoms with van der Waals surface area (Å²) in [5.74, 6) is 0. The van der Waals surface area contributed by atoms with Gasteiger partial charge in [-0.1, -0.05) is 25.5 Å². The maximum Gasteiger partial charge on any atom is 0.00670 e. The van der Waals surface area contributed by atoms with Gasteiger partial charge in [0.15, 0.2) is 0 Å². The van der Waals surface area contributed by atoms with Crippen molar-refractivity contribution in [1.82, 2.24) is 0 Å². The van der Waals surface area contributed by atoms with Crippen LogP contribution in [0.25, 0.3) is 0 Å². The summed E-state index contributed by atoms with van der Waals surface area (Å²) in [5.41, 5.74) is 8.71. The molecule has 0 aromatic heterocycles. The van der Waals surface area contributed by atoms with E-state index in [2.05, 4.69) is 20.4 Å². The summed E-state index contributed by atoms with van der Waals surface area (Å²) in [6.45, 7) is 8.84. The van der Waals surface area contributed by atoms with Crippen LogP contribution >= 0.6 is 0 Å². The van der Waals surface area contributed by atoms with E-state index in [1.807, 2.05) is 0 Å². The highest BCUT2D eigenvalue weighted by molar-refractivity contribution is 5.17. The quantitative estimate of drug-likeness (QED) is 0.713. The topological polar surface area (TPSA) is 26.0 Å². The van der Waals surface area contributed by atoms with Crippen LogP contribution in [-0.4, -0.2) is 6.04 Å². The molecule has 3 saturated carbocycles. The van der Waals surface area contributed by atoms with E-state index in [0.29, 0.717) is 16.9 Å². The zero-order valence-electron chi connectivity index (χ0n) is 11.0. The summed E-state index contributed by atoms with van der Waals surface area (Å²) in [6, 6.07) is 0.380. The van der Waals surface area contributed by atoms with Gasteiger partial charge in [-0.3, -0.25) is 0 Å². The highest BCUT2D eigenvalue weighted by Gasteiger charge is 2.50. The molecule has 0 heterocycles. The Balaban J connectivity index is 2.08. The van der Waals surface area contributed by atoms with Gasteiger partial charge in [0, 0.05) is 6.04 Å². The minimum atomic E-state index is 0.380. The Labute approximate surface area is 100 Å². The summed E-state index contributed by atoms with van der Waals surface area (Å²) in [5, 5.41) is 0. The monoisotopic (exact) mass is 221 g/mol. The van der Waals surface area contributed by atoms with Crippen LogP contribution in [0.15, 0.2) is 12.2 Å². The fraction of sp³-hybridized carbons (Fsp3) is 0.867. The number of allylic oxidation sites excluding steroid dienone is 1. The third-order valence-electron chi connectivity index (χ3n) is 5.57. The lowest BCUT2D eigenvalue weighted by atomic mass is 9.50. The van der Waals surface area contributed by atoms with Crippen LogP contribution in [0.4, 0.5) is 0 Å². The number of hydrogen-bond acceptors (Lipinski definition) is 1. The highest BCUT2D eigenvalue weighted by Crippen LogP contribution is 2.60. The molecule has 1 atom stereocenters. The number of fused-ring (bicyclic) bond motifs is 3. The molecule has 0 saturated heterocycles. The van der Waals surface area contributed by atoms with Gasteiger partial charge in [-0.2, -0.15) is 0 Å². The van der Waals surface area contributed by atoms with E-state index in [0.717, 1.165) is 0 Å². The van der Waals surface area contributed by atoms with Crippen LogP contribution in [0.2, 0.25) is 0 Å². The van der Waals surface area contributed by atoms with Crippen LogP contribution in [0.1, 0.15) is 65.2 Å². The molecule has 3 rings (SSSR count). The standard InChI is InChI=1S/C15H27N/c1-4-5-12(2)14-6-9-15(10-7-14,11-8-14)13(3)16/h13H,2,4-11,16H2,1,3H3. The Morgan fingerprint density at radius 2 is 1.69 bits per heavy atom. The van der Waals surface area contributed by atoms with E-state index >= 15 is 0 Å². The van der Waals surface area contributed by atoms with E-state index in [1.165, 1.54) is 56.9 Å². The summed E-state index contributed by atoms with van der Waals surface area (Å²) >= 11 is 0. The van der Waals surface area contributed by atoms with Gasteiger partial charge in [-0.25, -0.2) is 0 Å². The Kier molecular flexibility index (Phi) is 3.18. The largest absolute Gasteiger partial charge is 0.327 e. The highest BCUT2D eigenvalue weighted by atomic mass is 14.7. The van der Waals surface area contributed by atoms with E-state index in [-0.39, 0.29) is 0 Å². The van der Waals surface area contributed by atoms with E-state index in [9.17, 15) is 0 Å². The Morgan fingerprint density at radius 1 is 1.19 bits per heavy atom. The predicted molar refractivity (Wildman–Crippen MR) is 70.3 cm³/mol. The lowest BCUT2D eigenvalue weighted by Gasteiger charge is -2.56. The molecule has 3 aliphatic rings. The van der Waals surface area contributed by atoms with Crippen LogP contribution < -0.4 is 5.73 Å². The van der Waals surface area contributed by atoms with Gasteiger partial charge in [0.2, 0.25) is 0 Å². The molecule has 1 nitrogen and oxygen atoms in total. The molecule has 0 spiro atoms. The maximum absolute atomic E-state index is 6.19. The number of rotatable bonds is 4. The van der Waals surface area contributed by atoms with Crippen molar-refractivity contribution >= 4 is 0 Å². The summed E-state index contributed by atoms with van der Waals surface area (Å²) in [7, 11) is 0. The van der Waals surface area contributed by atoms with Crippen molar-refractivity contribution in [3.05, 3.63) is 12.2 Å². The van der Waals surface area contributed by atoms with Crippen LogP contribution in [0.3, 0.4) is 0 Å². The average molecular weight is 221 g/mol. The molecule has 3 fully saturated rings. The van der Waals surface area contributed by atoms with Crippen molar-refractivity contribution in [1.29, 1.82) is 0 Å². The summed E-state index contributed by atoms with van der Waals surface area (Å²) in [4.78, 5) is 0. The van der Waals surface area contributed by atoms with E-state index in [1.54, 1.807) is 0 Å². The average Bonchev–Trinajstić information content (AvgIpc) is 2.31. The van der Waals surface area contributed by atoms with Crippen LogP contribution in [0.5, 0.6) is 0 Å². The molecule has 0 aromatic carbocycles. The molecule has 0 amide bonds.